The number of anilines is 1. The Hall–Kier alpha value is -1.59. The molecule has 3 rings (SSSR count). The van der Waals surface area contributed by atoms with Crippen molar-refractivity contribution in [2.75, 3.05) is 11.9 Å². The van der Waals surface area contributed by atoms with Crippen LogP contribution in [0.5, 0.6) is 0 Å². The largest absolute Gasteiger partial charge is 0.361 e. The van der Waals surface area contributed by atoms with Crippen molar-refractivity contribution in [1.82, 2.24) is 10.1 Å². The number of benzene rings is 1. The Morgan fingerprint density at radius 3 is 2.81 bits per heavy atom. The summed E-state index contributed by atoms with van der Waals surface area (Å²) in [5.74, 6) is 1.64. The molecule has 1 aromatic carbocycles. The van der Waals surface area contributed by atoms with Crippen LogP contribution in [-0.4, -0.2) is 17.2 Å². The molecule has 0 N–H and O–H groups in total. The Bertz CT molecular complexity index is 803. The second-order valence-electron chi connectivity index (χ2n) is 4.91. The fourth-order valence-electron chi connectivity index (χ4n) is 2.18. The van der Waals surface area contributed by atoms with Crippen LogP contribution in [0.4, 0.5) is 5.82 Å². The van der Waals surface area contributed by atoms with Crippen LogP contribution in [-0.2, 0) is 6.54 Å². The van der Waals surface area contributed by atoms with Crippen LogP contribution in [0.15, 0.2) is 39.3 Å². The van der Waals surface area contributed by atoms with Crippen molar-refractivity contribution in [1.29, 1.82) is 0 Å². The fraction of sp³-hybridized carbons (Fsp3) is 0.200. The van der Waals surface area contributed by atoms with Gasteiger partial charge in [-0.15, -0.1) is 0 Å². The molecule has 0 saturated heterocycles. The molecule has 0 aliphatic carbocycles. The molecule has 2 heterocycles. The molecule has 108 valence electrons. The Balaban J connectivity index is 1.93. The lowest BCUT2D eigenvalue weighted by molar-refractivity contribution is 0.390. The van der Waals surface area contributed by atoms with Gasteiger partial charge in [0.05, 0.1) is 17.1 Å². The van der Waals surface area contributed by atoms with Crippen LogP contribution in [0.3, 0.4) is 0 Å². The highest BCUT2D eigenvalue weighted by Gasteiger charge is 2.10. The molecule has 0 radical (unpaired) electrons. The lowest BCUT2D eigenvalue weighted by Gasteiger charge is -2.17. The Morgan fingerprint density at radius 1 is 1.29 bits per heavy atom. The van der Waals surface area contributed by atoms with Crippen LogP contribution < -0.4 is 4.90 Å². The number of nitrogens with zero attached hydrogens (tertiary/aromatic N) is 3. The summed E-state index contributed by atoms with van der Waals surface area (Å²) >= 11 is 9.70. The van der Waals surface area contributed by atoms with E-state index < -0.39 is 0 Å². The second-order valence-corrected chi connectivity index (χ2v) is 6.24. The first-order valence-electron chi connectivity index (χ1n) is 6.42. The molecule has 0 aliphatic rings. The van der Waals surface area contributed by atoms with Crippen LogP contribution >= 0.6 is 27.5 Å². The molecule has 0 saturated carbocycles. The van der Waals surface area contributed by atoms with Gasteiger partial charge in [-0.1, -0.05) is 32.7 Å². The summed E-state index contributed by atoms with van der Waals surface area (Å²) in [4.78, 5) is 6.64. The summed E-state index contributed by atoms with van der Waals surface area (Å²) in [6.07, 6.45) is 0. The van der Waals surface area contributed by atoms with Crippen molar-refractivity contribution in [2.45, 2.75) is 13.5 Å². The van der Waals surface area contributed by atoms with Crippen molar-refractivity contribution in [3.63, 3.8) is 0 Å². The quantitative estimate of drug-likeness (QED) is 0.680. The van der Waals surface area contributed by atoms with Gasteiger partial charge in [-0.2, -0.15) is 0 Å². The Labute approximate surface area is 135 Å². The van der Waals surface area contributed by atoms with E-state index in [9.17, 15) is 0 Å². The van der Waals surface area contributed by atoms with Gasteiger partial charge >= 0.3 is 0 Å². The number of hydrogen-bond acceptors (Lipinski definition) is 4. The molecular weight excluding hydrogens is 354 g/mol. The lowest BCUT2D eigenvalue weighted by Crippen LogP contribution is -2.17. The van der Waals surface area contributed by atoms with E-state index in [2.05, 4.69) is 26.1 Å². The van der Waals surface area contributed by atoms with E-state index in [1.165, 1.54) is 0 Å². The molecule has 0 atom stereocenters. The highest BCUT2D eigenvalue weighted by molar-refractivity contribution is 9.10. The molecule has 0 bridgehead atoms. The maximum atomic E-state index is 6.26. The number of aryl methyl sites for hydroxylation is 1. The summed E-state index contributed by atoms with van der Waals surface area (Å²) in [6, 6.07) is 9.75. The van der Waals surface area contributed by atoms with Gasteiger partial charge in [-0.25, -0.2) is 4.98 Å². The predicted molar refractivity (Wildman–Crippen MR) is 87.8 cm³/mol. The zero-order chi connectivity index (χ0) is 15.0. The number of aromatic nitrogens is 2. The Morgan fingerprint density at radius 2 is 2.10 bits per heavy atom. The molecule has 0 spiro atoms. The van der Waals surface area contributed by atoms with Crippen LogP contribution in [0.25, 0.3) is 10.9 Å². The predicted octanol–water partition coefficient (Wildman–Crippen LogP) is 4.58. The SMILES string of the molecule is Cc1cc(CN(C)c2ccc3cc(Br)cc(Cl)c3n2)no1. The summed E-state index contributed by atoms with van der Waals surface area (Å²) < 4.78 is 6.03. The smallest absolute Gasteiger partial charge is 0.133 e. The van der Waals surface area contributed by atoms with E-state index in [4.69, 9.17) is 16.1 Å². The van der Waals surface area contributed by atoms with Gasteiger partial charge in [-0.3, -0.25) is 0 Å². The van der Waals surface area contributed by atoms with Gasteiger partial charge in [0.15, 0.2) is 0 Å². The van der Waals surface area contributed by atoms with Crippen LogP contribution in [0.2, 0.25) is 5.02 Å². The molecule has 4 nitrogen and oxygen atoms in total. The monoisotopic (exact) mass is 365 g/mol. The zero-order valence-corrected chi connectivity index (χ0v) is 13.9. The first-order valence-corrected chi connectivity index (χ1v) is 7.59. The molecular formula is C15H13BrClN3O. The van der Waals surface area contributed by atoms with Crippen molar-refractivity contribution in [3.8, 4) is 0 Å². The highest BCUT2D eigenvalue weighted by atomic mass is 79.9. The van der Waals surface area contributed by atoms with Crippen molar-refractivity contribution < 1.29 is 4.52 Å². The van der Waals surface area contributed by atoms with Gasteiger partial charge in [-0.05, 0) is 31.2 Å². The van der Waals surface area contributed by atoms with Gasteiger partial charge in [0.1, 0.15) is 17.3 Å². The minimum Gasteiger partial charge on any atom is -0.361 e. The molecule has 6 heteroatoms. The Kier molecular flexibility index (Phi) is 3.87. The number of halogens is 2. The first-order chi connectivity index (χ1) is 10.0. The van der Waals surface area contributed by atoms with Crippen LogP contribution in [0.1, 0.15) is 11.5 Å². The highest BCUT2D eigenvalue weighted by Crippen LogP contribution is 2.28. The van der Waals surface area contributed by atoms with Crippen molar-refractivity contribution in [3.05, 3.63) is 51.3 Å². The van der Waals surface area contributed by atoms with E-state index in [0.29, 0.717) is 11.6 Å². The zero-order valence-electron chi connectivity index (χ0n) is 11.6. The molecule has 0 amide bonds. The van der Waals surface area contributed by atoms with Crippen LogP contribution in [0, 0.1) is 6.92 Å². The molecule has 2 aromatic heterocycles. The summed E-state index contributed by atoms with van der Waals surface area (Å²) in [7, 11) is 1.96. The van der Waals surface area contributed by atoms with Gasteiger partial charge in [0.2, 0.25) is 0 Å². The molecule has 0 fully saturated rings. The average molecular weight is 367 g/mol. The topological polar surface area (TPSA) is 42.2 Å². The summed E-state index contributed by atoms with van der Waals surface area (Å²) in [5.41, 5.74) is 1.67. The van der Waals surface area contributed by atoms with Gasteiger partial charge < -0.3 is 9.42 Å². The van der Waals surface area contributed by atoms with E-state index in [1.54, 1.807) is 0 Å². The van der Waals surface area contributed by atoms with Gasteiger partial charge in [0, 0.05) is 23.0 Å². The molecule has 21 heavy (non-hydrogen) atoms. The lowest BCUT2D eigenvalue weighted by atomic mass is 10.2. The van der Waals surface area contributed by atoms with E-state index in [1.807, 2.05) is 49.2 Å². The fourth-order valence-corrected chi connectivity index (χ4v) is 3.05. The van der Waals surface area contributed by atoms with E-state index >= 15 is 0 Å². The normalized spacial score (nSPS) is 11.0. The number of fused-ring (bicyclic) bond motifs is 1. The first kappa shape index (κ1) is 14.4. The number of rotatable bonds is 3. The third-order valence-electron chi connectivity index (χ3n) is 3.16. The summed E-state index contributed by atoms with van der Waals surface area (Å²) in [6.45, 7) is 2.51. The van der Waals surface area contributed by atoms with E-state index in [-0.39, 0.29) is 0 Å². The molecule has 0 unspecified atom stereocenters. The van der Waals surface area contributed by atoms with Crippen molar-refractivity contribution in [2.24, 2.45) is 0 Å². The standard InChI is InChI=1S/C15H13BrClN3O/c1-9-5-12(19-21-9)8-20(2)14-4-3-10-6-11(16)7-13(17)15(10)18-14/h3-7H,8H2,1-2H3. The number of pyridine rings is 1. The summed E-state index contributed by atoms with van der Waals surface area (Å²) in [5, 5.41) is 5.63. The molecule has 3 aromatic rings. The second kappa shape index (κ2) is 5.66. The van der Waals surface area contributed by atoms with E-state index in [0.717, 1.165) is 32.6 Å². The number of hydrogen-bond donors (Lipinski definition) is 0. The van der Waals surface area contributed by atoms with Gasteiger partial charge in [0.25, 0.3) is 0 Å². The molecule has 0 aliphatic heterocycles. The maximum absolute atomic E-state index is 6.26. The van der Waals surface area contributed by atoms with Crippen molar-refractivity contribution >= 4 is 44.3 Å². The third kappa shape index (κ3) is 3.04. The third-order valence-corrected chi connectivity index (χ3v) is 3.91. The minimum absolute atomic E-state index is 0.629. The average Bonchev–Trinajstić information content (AvgIpc) is 2.83. The maximum Gasteiger partial charge on any atom is 0.133 e. The minimum atomic E-state index is 0.629.